The molecule has 1 unspecified atom stereocenters. The van der Waals surface area contributed by atoms with Crippen LogP contribution in [0.4, 0.5) is 0 Å². The van der Waals surface area contributed by atoms with Crippen molar-refractivity contribution in [3.63, 3.8) is 0 Å². The van der Waals surface area contributed by atoms with Crippen molar-refractivity contribution in [2.45, 2.75) is 57.3 Å². The fraction of sp³-hybridized carbons (Fsp3) is 0.444. The molecule has 3 aliphatic rings. The molecule has 1 aromatic rings. The Bertz CT molecular complexity index is 990. The molecule has 2 bridgehead atoms. The van der Waals surface area contributed by atoms with E-state index in [2.05, 4.69) is 31.0 Å². The number of ether oxygens (including phenoxy) is 2. The number of hydrogen-bond donors (Lipinski definition) is 1. The SMILES string of the molecule is C=CCN1CC[C@]23c4c(ccc(OC(=O)/C=C/C=C(C)C)c4O[C@H]2[C@@H](O)C=C)C[C@@H]1C3C. The summed E-state index contributed by atoms with van der Waals surface area (Å²) in [6, 6.07) is 4.21. The summed E-state index contributed by atoms with van der Waals surface area (Å²) in [4.78, 5) is 14.9. The molecule has 1 spiro atoms. The van der Waals surface area contributed by atoms with Gasteiger partial charge in [0.25, 0.3) is 0 Å². The molecule has 1 aromatic carbocycles. The zero-order chi connectivity index (χ0) is 23.0. The van der Waals surface area contributed by atoms with Gasteiger partial charge in [0.2, 0.25) is 0 Å². The zero-order valence-electron chi connectivity index (χ0n) is 19.2. The first-order valence-corrected chi connectivity index (χ1v) is 11.4. The zero-order valence-corrected chi connectivity index (χ0v) is 19.2. The van der Waals surface area contributed by atoms with Gasteiger partial charge in [-0.1, -0.05) is 42.9 Å². The van der Waals surface area contributed by atoms with Gasteiger partial charge >= 0.3 is 5.97 Å². The smallest absolute Gasteiger partial charge is 0.336 e. The van der Waals surface area contributed by atoms with Gasteiger partial charge in [0.05, 0.1) is 0 Å². The minimum Gasteiger partial charge on any atom is -0.482 e. The van der Waals surface area contributed by atoms with E-state index >= 15 is 0 Å². The molecule has 1 N–H and O–H groups in total. The highest BCUT2D eigenvalue weighted by Crippen LogP contribution is 2.61. The highest BCUT2D eigenvalue weighted by atomic mass is 16.6. The number of piperidine rings is 1. The van der Waals surface area contributed by atoms with Crippen LogP contribution >= 0.6 is 0 Å². The summed E-state index contributed by atoms with van der Waals surface area (Å²) in [7, 11) is 0. The number of likely N-dealkylation sites (tertiary alicyclic amines) is 1. The predicted octanol–water partition coefficient (Wildman–Crippen LogP) is 4.11. The maximum absolute atomic E-state index is 12.4. The van der Waals surface area contributed by atoms with Gasteiger partial charge in [0.1, 0.15) is 12.2 Å². The van der Waals surface area contributed by atoms with Crippen LogP contribution in [0.15, 0.2) is 61.2 Å². The van der Waals surface area contributed by atoms with Gasteiger partial charge in [-0.05, 0) is 50.8 Å². The lowest BCUT2D eigenvalue weighted by Gasteiger charge is -2.55. The fourth-order valence-electron chi connectivity index (χ4n) is 5.88. The van der Waals surface area contributed by atoms with Crippen molar-refractivity contribution in [3.05, 3.63) is 72.4 Å². The van der Waals surface area contributed by atoms with Crippen LogP contribution in [0.3, 0.4) is 0 Å². The Balaban J connectivity index is 1.76. The van der Waals surface area contributed by atoms with Gasteiger partial charge in [-0.3, -0.25) is 4.90 Å². The second-order valence-electron chi connectivity index (χ2n) is 9.35. The molecule has 0 saturated carbocycles. The number of aliphatic hydroxyl groups excluding tert-OH is 1. The number of aliphatic hydroxyl groups is 1. The average Bonchev–Trinajstić information content (AvgIpc) is 3.10. The average molecular weight is 436 g/mol. The Morgan fingerprint density at radius 2 is 2.19 bits per heavy atom. The minimum absolute atomic E-state index is 0.257. The summed E-state index contributed by atoms with van der Waals surface area (Å²) in [5.74, 6) is 0.812. The quantitative estimate of drug-likeness (QED) is 0.230. The third-order valence-electron chi connectivity index (χ3n) is 7.31. The molecule has 0 radical (unpaired) electrons. The maximum Gasteiger partial charge on any atom is 0.336 e. The largest absolute Gasteiger partial charge is 0.482 e. The summed E-state index contributed by atoms with van der Waals surface area (Å²) in [6.07, 6.45) is 8.93. The van der Waals surface area contributed by atoms with Crippen molar-refractivity contribution in [1.29, 1.82) is 0 Å². The minimum atomic E-state index is -0.816. The van der Waals surface area contributed by atoms with Gasteiger partial charge in [0, 0.05) is 29.6 Å². The number of nitrogens with zero attached hydrogens (tertiary/aromatic N) is 1. The Morgan fingerprint density at radius 1 is 1.41 bits per heavy atom. The predicted molar refractivity (Wildman–Crippen MR) is 126 cm³/mol. The molecule has 0 amide bonds. The number of benzene rings is 1. The molecule has 5 atom stereocenters. The van der Waals surface area contributed by atoms with E-state index in [0.717, 1.165) is 37.1 Å². The van der Waals surface area contributed by atoms with Crippen molar-refractivity contribution >= 4 is 5.97 Å². The number of rotatable bonds is 7. The molecule has 0 aromatic heterocycles. The van der Waals surface area contributed by atoms with Crippen LogP contribution in [0.5, 0.6) is 11.5 Å². The van der Waals surface area contributed by atoms with Gasteiger partial charge < -0.3 is 14.6 Å². The van der Waals surface area contributed by atoms with Crippen molar-refractivity contribution in [2.75, 3.05) is 13.1 Å². The Kier molecular flexibility index (Phi) is 6.15. The second kappa shape index (κ2) is 8.72. The lowest BCUT2D eigenvalue weighted by atomic mass is 9.55. The van der Waals surface area contributed by atoms with Crippen LogP contribution in [0.1, 0.15) is 38.3 Å². The second-order valence-corrected chi connectivity index (χ2v) is 9.35. The first-order valence-electron chi connectivity index (χ1n) is 11.4. The number of fused-ring (bicyclic) bond motifs is 1. The Hall–Kier alpha value is -2.63. The Morgan fingerprint density at radius 3 is 2.88 bits per heavy atom. The van der Waals surface area contributed by atoms with E-state index in [1.165, 1.54) is 11.6 Å². The van der Waals surface area contributed by atoms with Gasteiger partial charge in [-0.2, -0.15) is 0 Å². The third-order valence-corrected chi connectivity index (χ3v) is 7.31. The highest BCUT2D eigenvalue weighted by Gasteiger charge is 2.62. The lowest BCUT2D eigenvalue weighted by Crippen LogP contribution is -2.63. The molecule has 5 heteroatoms. The van der Waals surface area contributed by atoms with Gasteiger partial charge in [0.15, 0.2) is 11.5 Å². The molecule has 2 heterocycles. The maximum atomic E-state index is 12.4. The summed E-state index contributed by atoms with van der Waals surface area (Å²) < 4.78 is 12.1. The van der Waals surface area contributed by atoms with Crippen molar-refractivity contribution < 1.29 is 19.4 Å². The molecule has 1 aliphatic carbocycles. The van der Waals surface area contributed by atoms with E-state index < -0.39 is 18.2 Å². The highest BCUT2D eigenvalue weighted by molar-refractivity contribution is 5.85. The fourth-order valence-corrected chi connectivity index (χ4v) is 5.88. The lowest BCUT2D eigenvalue weighted by molar-refractivity contribution is -0.129. The van der Waals surface area contributed by atoms with Crippen LogP contribution in [0.2, 0.25) is 0 Å². The van der Waals surface area contributed by atoms with Crippen LogP contribution in [0, 0.1) is 5.92 Å². The van der Waals surface area contributed by atoms with Gasteiger partial charge in [-0.15, -0.1) is 13.2 Å². The molecule has 5 nitrogen and oxygen atoms in total. The van der Waals surface area contributed by atoms with Crippen molar-refractivity contribution in [1.82, 2.24) is 4.90 Å². The van der Waals surface area contributed by atoms with E-state index in [1.807, 2.05) is 32.1 Å². The van der Waals surface area contributed by atoms with Crippen LogP contribution < -0.4 is 9.47 Å². The van der Waals surface area contributed by atoms with E-state index in [9.17, 15) is 9.90 Å². The molecular weight excluding hydrogens is 402 g/mol. The normalized spacial score (nSPS) is 29.1. The molecule has 170 valence electrons. The number of carbonyl (C=O) groups excluding carboxylic acids is 1. The first-order chi connectivity index (χ1) is 15.3. The van der Waals surface area contributed by atoms with Crippen molar-refractivity contribution in [2.24, 2.45) is 5.92 Å². The number of carbonyl (C=O) groups is 1. The molecule has 1 fully saturated rings. The van der Waals surface area contributed by atoms with Crippen molar-refractivity contribution in [3.8, 4) is 11.5 Å². The third kappa shape index (κ3) is 3.54. The number of esters is 1. The molecule has 32 heavy (non-hydrogen) atoms. The van der Waals surface area contributed by atoms with Gasteiger partial charge in [-0.25, -0.2) is 4.79 Å². The number of hydrogen-bond acceptors (Lipinski definition) is 5. The Labute approximate surface area is 190 Å². The summed E-state index contributed by atoms with van der Waals surface area (Å²) in [5, 5.41) is 10.9. The van der Waals surface area contributed by atoms with E-state index in [4.69, 9.17) is 9.47 Å². The van der Waals surface area contributed by atoms with Crippen LogP contribution in [0.25, 0.3) is 0 Å². The topological polar surface area (TPSA) is 59.0 Å². The summed E-state index contributed by atoms with van der Waals surface area (Å²) in [6.45, 7) is 15.7. The first kappa shape index (κ1) is 22.6. The summed E-state index contributed by atoms with van der Waals surface area (Å²) in [5.41, 5.74) is 3.05. The van der Waals surface area contributed by atoms with Crippen LogP contribution in [-0.2, 0) is 16.6 Å². The molecule has 1 saturated heterocycles. The molecule has 4 rings (SSSR count). The standard InChI is InChI=1S/C27H33NO4/c1-6-14-28-15-13-27-18(5)20(28)16-19-11-12-22(31-23(30)10-8-9-17(3)4)25(24(19)27)32-26(27)21(29)7-2/h6-12,18,20-21,26,29H,1-2,13-16H2,3-5H3/b10-8+/t18?,20-,21+,26+,27+/m1/s1. The van der Waals surface area contributed by atoms with E-state index in [1.54, 1.807) is 12.2 Å². The van der Waals surface area contributed by atoms with Crippen LogP contribution in [-0.4, -0.2) is 47.3 Å². The number of allylic oxidation sites excluding steroid dienone is 3. The van der Waals surface area contributed by atoms with E-state index in [0.29, 0.717) is 17.5 Å². The molecular formula is C27H33NO4. The molecule has 2 aliphatic heterocycles. The summed E-state index contributed by atoms with van der Waals surface area (Å²) >= 11 is 0. The monoisotopic (exact) mass is 435 g/mol. The van der Waals surface area contributed by atoms with E-state index in [-0.39, 0.29) is 11.3 Å².